The molecular weight excluding hydrogens is 308 g/mol. The minimum atomic E-state index is 0.103. The van der Waals surface area contributed by atoms with E-state index in [1.54, 1.807) is 0 Å². The summed E-state index contributed by atoms with van der Waals surface area (Å²) in [5.74, 6) is 2.26. The summed E-state index contributed by atoms with van der Waals surface area (Å²) >= 11 is 0. The zero-order valence-electron chi connectivity index (χ0n) is 16.9. The molecule has 2 aliphatic carbocycles. The van der Waals surface area contributed by atoms with E-state index < -0.39 is 0 Å². The third kappa shape index (κ3) is 5.01. The molecule has 0 radical (unpaired) electrons. The van der Waals surface area contributed by atoms with Crippen LogP contribution in [0.25, 0.3) is 0 Å². The largest absolute Gasteiger partial charge is 0.352 e. The van der Waals surface area contributed by atoms with Gasteiger partial charge in [-0.1, -0.05) is 52.4 Å². The van der Waals surface area contributed by atoms with Crippen molar-refractivity contribution in [3.05, 3.63) is 0 Å². The van der Waals surface area contributed by atoms with Gasteiger partial charge in [0, 0.05) is 11.8 Å². The predicted octanol–water partition coefficient (Wildman–Crippen LogP) is 6.72. The highest BCUT2D eigenvalue weighted by atomic mass is 16.7. The lowest BCUT2D eigenvalue weighted by atomic mass is 9.58. The van der Waals surface area contributed by atoms with E-state index in [-0.39, 0.29) is 6.29 Å². The van der Waals surface area contributed by atoms with Crippen LogP contribution in [0.5, 0.6) is 0 Å². The molecule has 0 unspecified atom stereocenters. The Balaban J connectivity index is 1.50. The molecule has 2 heteroatoms. The van der Waals surface area contributed by atoms with Crippen molar-refractivity contribution in [1.29, 1.82) is 0 Å². The predicted molar refractivity (Wildman–Crippen MR) is 105 cm³/mol. The van der Waals surface area contributed by atoms with Crippen LogP contribution in [0.1, 0.15) is 104 Å². The topological polar surface area (TPSA) is 18.5 Å². The average molecular weight is 351 g/mol. The normalized spacial score (nSPS) is 36.2. The van der Waals surface area contributed by atoms with Gasteiger partial charge in [-0.25, -0.2) is 0 Å². The second-order valence-corrected chi connectivity index (χ2v) is 9.30. The van der Waals surface area contributed by atoms with Crippen molar-refractivity contribution in [2.24, 2.45) is 23.2 Å². The second kappa shape index (κ2) is 9.74. The van der Waals surface area contributed by atoms with Crippen molar-refractivity contribution >= 4 is 0 Å². The van der Waals surface area contributed by atoms with Gasteiger partial charge < -0.3 is 9.47 Å². The molecule has 0 bridgehead atoms. The van der Waals surface area contributed by atoms with E-state index in [0.29, 0.717) is 17.3 Å². The third-order valence-corrected chi connectivity index (χ3v) is 7.72. The van der Waals surface area contributed by atoms with Gasteiger partial charge in [0.05, 0.1) is 13.2 Å². The summed E-state index contributed by atoms with van der Waals surface area (Å²) in [6, 6.07) is 0. The molecule has 2 nitrogen and oxygen atoms in total. The number of unbranched alkanes of at least 4 members (excludes halogenated alkanes) is 2. The van der Waals surface area contributed by atoms with Gasteiger partial charge in [-0.2, -0.15) is 0 Å². The Kier molecular flexibility index (Phi) is 7.66. The zero-order chi connectivity index (χ0) is 17.5. The first kappa shape index (κ1) is 19.7. The lowest BCUT2D eigenvalue weighted by Crippen LogP contribution is -2.41. The maximum Gasteiger partial charge on any atom is 0.160 e. The van der Waals surface area contributed by atoms with Gasteiger partial charge in [0.25, 0.3) is 0 Å². The molecule has 0 aromatic heterocycles. The Labute approximate surface area is 156 Å². The summed E-state index contributed by atoms with van der Waals surface area (Å²) < 4.78 is 12.2. The van der Waals surface area contributed by atoms with Crippen LogP contribution in [-0.4, -0.2) is 19.5 Å². The minimum Gasteiger partial charge on any atom is -0.352 e. The molecule has 1 saturated heterocycles. The van der Waals surface area contributed by atoms with Gasteiger partial charge in [0.2, 0.25) is 0 Å². The van der Waals surface area contributed by atoms with Gasteiger partial charge in [0.15, 0.2) is 6.29 Å². The fourth-order valence-corrected chi connectivity index (χ4v) is 5.92. The van der Waals surface area contributed by atoms with Crippen LogP contribution in [-0.2, 0) is 9.47 Å². The first-order chi connectivity index (χ1) is 12.3. The molecule has 146 valence electrons. The molecule has 1 heterocycles. The average Bonchev–Trinajstić information content (AvgIpc) is 2.69. The van der Waals surface area contributed by atoms with Crippen LogP contribution in [0.15, 0.2) is 0 Å². The molecule has 0 spiro atoms. The van der Waals surface area contributed by atoms with Crippen molar-refractivity contribution in [3.8, 4) is 0 Å². The molecule has 1 aliphatic heterocycles. The van der Waals surface area contributed by atoms with Crippen LogP contribution in [0.3, 0.4) is 0 Å². The Morgan fingerprint density at radius 2 is 1.52 bits per heavy atom. The Bertz CT molecular complexity index is 358. The maximum atomic E-state index is 6.08. The van der Waals surface area contributed by atoms with E-state index in [9.17, 15) is 0 Å². The van der Waals surface area contributed by atoms with E-state index in [2.05, 4.69) is 13.8 Å². The molecule has 3 fully saturated rings. The van der Waals surface area contributed by atoms with Crippen LogP contribution < -0.4 is 0 Å². The highest BCUT2D eigenvalue weighted by Gasteiger charge is 2.42. The lowest BCUT2D eigenvalue weighted by Gasteiger charge is -2.48. The lowest BCUT2D eigenvalue weighted by molar-refractivity contribution is -0.230. The third-order valence-electron chi connectivity index (χ3n) is 7.72. The van der Waals surface area contributed by atoms with Crippen molar-refractivity contribution in [1.82, 2.24) is 0 Å². The standard InChI is InChI=1S/C23H42O2/c1-3-5-7-14-23(15-8-6-9-16-23)21-12-10-20(11-13-21)22-24-17-19(4-2)18-25-22/h19-22H,3-18H2,1-2H3. The fourth-order valence-electron chi connectivity index (χ4n) is 5.92. The van der Waals surface area contributed by atoms with E-state index in [1.165, 1.54) is 89.9 Å². The van der Waals surface area contributed by atoms with Crippen LogP contribution in [0, 0.1) is 23.2 Å². The molecular formula is C23H42O2. The van der Waals surface area contributed by atoms with Crippen molar-refractivity contribution in [2.45, 2.75) is 110 Å². The monoisotopic (exact) mass is 350 g/mol. The Morgan fingerprint density at radius 3 is 2.12 bits per heavy atom. The van der Waals surface area contributed by atoms with E-state index >= 15 is 0 Å². The summed E-state index contributed by atoms with van der Waals surface area (Å²) in [6.45, 7) is 6.42. The number of hydrogen-bond donors (Lipinski definition) is 0. The summed E-state index contributed by atoms with van der Waals surface area (Å²) in [6.07, 6.45) is 20.0. The molecule has 3 rings (SSSR count). The van der Waals surface area contributed by atoms with Gasteiger partial charge in [0.1, 0.15) is 0 Å². The van der Waals surface area contributed by atoms with Gasteiger partial charge in [-0.05, 0) is 62.7 Å². The molecule has 0 N–H and O–H groups in total. The van der Waals surface area contributed by atoms with Crippen LogP contribution in [0.4, 0.5) is 0 Å². The summed E-state index contributed by atoms with van der Waals surface area (Å²) in [4.78, 5) is 0. The highest BCUT2D eigenvalue weighted by molar-refractivity contribution is 4.92. The second-order valence-electron chi connectivity index (χ2n) is 9.30. The minimum absolute atomic E-state index is 0.103. The quantitative estimate of drug-likeness (QED) is 0.474. The summed E-state index contributed by atoms with van der Waals surface area (Å²) in [5.41, 5.74) is 0.694. The Morgan fingerprint density at radius 1 is 0.840 bits per heavy atom. The molecule has 25 heavy (non-hydrogen) atoms. The zero-order valence-corrected chi connectivity index (χ0v) is 16.9. The number of ether oxygens (including phenoxy) is 2. The molecule has 3 aliphatic rings. The smallest absolute Gasteiger partial charge is 0.160 e. The molecule has 0 aromatic rings. The molecule has 0 amide bonds. The summed E-state index contributed by atoms with van der Waals surface area (Å²) in [5, 5.41) is 0. The van der Waals surface area contributed by atoms with Gasteiger partial charge in [-0.15, -0.1) is 0 Å². The van der Waals surface area contributed by atoms with Crippen molar-refractivity contribution in [2.75, 3.05) is 13.2 Å². The van der Waals surface area contributed by atoms with E-state index in [4.69, 9.17) is 9.47 Å². The fraction of sp³-hybridized carbons (Fsp3) is 1.00. The maximum absolute atomic E-state index is 6.08. The molecule has 0 aromatic carbocycles. The van der Waals surface area contributed by atoms with Crippen LogP contribution in [0.2, 0.25) is 0 Å². The van der Waals surface area contributed by atoms with Crippen molar-refractivity contribution in [3.63, 3.8) is 0 Å². The van der Waals surface area contributed by atoms with Crippen LogP contribution >= 0.6 is 0 Å². The van der Waals surface area contributed by atoms with Crippen molar-refractivity contribution < 1.29 is 9.47 Å². The van der Waals surface area contributed by atoms with E-state index in [1.807, 2.05) is 0 Å². The highest BCUT2D eigenvalue weighted by Crippen LogP contribution is 2.52. The first-order valence-corrected chi connectivity index (χ1v) is 11.5. The summed E-state index contributed by atoms with van der Waals surface area (Å²) in [7, 11) is 0. The molecule has 0 atom stereocenters. The number of rotatable bonds is 7. The number of hydrogen-bond acceptors (Lipinski definition) is 2. The first-order valence-electron chi connectivity index (χ1n) is 11.5. The Hall–Kier alpha value is -0.0800. The molecule has 2 saturated carbocycles. The van der Waals surface area contributed by atoms with Gasteiger partial charge >= 0.3 is 0 Å². The van der Waals surface area contributed by atoms with Gasteiger partial charge in [-0.3, -0.25) is 0 Å². The SMILES string of the molecule is CCCCCC1(C2CCC(C3OCC(CC)CO3)CC2)CCCCC1. The van der Waals surface area contributed by atoms with E-state index in [0.717, 1.165) is 19.1 Å².